The molecule has 0 bridgehead atoms. The van der Waals surface area contributed by atoms with Crippen LogP contribution in [0.3, 0.4) is 0 Å². The minimum Gasteiger partial charge on any atom is -0.313 e. The van der Waals surface area contributed by atoms with Gasteiger partial charge in [0.15, 0.2) is 0 Å². The molecule has 0 aromatic carbocycles. The Balaban J connectivity index is 2.02. The van der Waals surface area contributed by atoms with Gasteiger partial charge in [0.1, 0.15) is 0 Å². The lowest BCUT2D eigenvalue weighted by atomic mass is 10.0. The largest absolute Gasteiger partial charge is 0.313 e. The molecule has 0 aromatic heterocycles. The first-order chi connectivity index (χ1) is 4.41. The highest BCUT2D eigenvalue weighted by Crippen LogP contribution is 2.48. The Bertz CT molecular complexity index is 134. The number of rotatable bonds is 0. The molecule has 0 saturated heterocycles. The molecular weight excluding hydrogens is 110 g/mol. The molecule has 0 unspecified atom stereocenters. The third-order valence-electron chi connectivity index (χ3n) is 2.44. The van der Waals surface area contributed by atoms with Gasteiger partial charge in [-0.25, -0.2) is 0 Å². The molecule has 9 heavy (non-hydrogen) atoms. The summed E-state index contributed by atoms with van der Waals surface area (Å²) in [7, 11) is 0. The van der Waals surface area contributed by atoms with Crippen LogP contribution in [0.2, 0.25) is 0 Å². The van der Waals surface area contributed by atoms with Crippen molar-refractivity contribution < 1.29 is 0 Å². The summed E-state index contributed by atoms with van der Waals surface area (Å²) >= 11 is 0. The Morgan fingerprint density at radius 1 is 1.22 bits per heavy atom. The summed E-state index contributed by atoms with van der Waals surface area (Å²) in [6.07, 6.45) is 8.79. The molecule has 50 valence electrons. The first-order valence-corrected chi connectivity index (χ1v) is 3.77. The standard InChI is InChI=1S/C8H13N/c1-2-6-9-7-8(3-1)4-5-8/h1-2,9H,3-7H2. The van der Waals surface area contributed by atoms with E-state index in [1.807, 2.05) is 0 Å². The van der Waals surface area contributed by atoms with Crippen molar-refractivity contribution in [3.8, 4) is 0 Å². The van der Waals surface area contributed by atoms with E-state index in [9.17, 15) is 0 Å². The van der Waals surface area contributed by atoms with Crippen LogP contribution in [0.1, 0.15) is 19.3 Å². The first-order valence-electron chi connectivity index (χ1n) is 3.77. The summed E-state index contributed by atoms with van der Waals surface area (Å²) < 4.78 is 0. The van der Waals surface area contributed by atoms with Crippen molar-refractivity contribution in [2.24, 2.45) is 5.41 Å². The quantitative estimate of drug-likeness (QED) is 0.479. The number of hydrogen-bond donors (Lipinski definition) is 1. The van der Waals surface area contributed by atoms with E-state index in [2.05, 4.69) is 17.5 Å². The second-order valence-corrected chi connectivity index (χ2v) is 3.31. The number of hydrogen-bond acceptors (Lipinski definition) is 1. The molecule has 1 aliphatic heterocycles. The zero-order valence-electron chi connectivity index (χ0n) is 5.69. The third-order valence-corrected chi connectivity index (χ3v) is 2.44. The lowest BCUT2D eigenvalue weighted by Gasteiger charge is -2.08. The summed E-state index contributed by atoms with van der Waals surface area (Å²) in [6, 6.07) is 0. The van der Waals surface area contributed by atoms with E-state index >= 15 is 0 Å². The van der Waals surface area contributed by atoms with Gasteiger partial charge in [-0.1, -0.05) is 12.2 Å². The highest BCUT2D eigenvalue weighted by molar-refractivity contribution is 5.04. The van der Waals surface area contributed by atoms with Crippen molar-refractivity contribution in [1.82, 2.24) is 5.32 Å². The summed E-state index contributed by atoms with van der Waals surface area (Å²) in [5.41, 5.74) is 0.715. The molecular formula is C8H13N. The maximum Gasteiger partial charge on any atom is 0.0135 e. The lowest BCUT2D eigenvalue weighted by Crippen LogP contribution is -2.21. The molecule has 1 heteroatoms. The fraction of sp³-hybridized carbons (Fsp3) is 0.750. The topological polar surface area (TPSA) is 12.0 Å². The normalized spacial score (nSPS) is 30.2. The van der Waals surface area contributed by atoms with Crippen LogP contribution in [0.4, 0.5) is 0 Å². The Hall–Kier alpha value is -0.300. The van der Waals surface area contributed by atoms with Crippen LogP contribution in [0.5, 0.6) is 0 Å². The number of nitrogens with one attached hydrogen (secondary N) is 1. The van der Waals surface area contributed by atoms with E-state index in [0.29, 0.717) is 5.41 Å². The van der Waals surface area contributed by atoms with E-state index in [1.165, 1.54) is 25.8 Å². The summed E-state index contributed by atoms with van der Waals surface area (Å²) in [6.45, 7) is 2.34. The van der Waals surface area contributed by atoms with Gasteiger partial charge in [-0.15, -0.1) is 0 Å². The van der Waals surface area contributed by atoms with Gasteiger partial charge in [-0.2, -0.15) is 0 Å². The molecule has 2 rings (SSSR count). The van der Waals surface area contributed by atoms with Gasteiger partial charge in [0.05, 0.1) is 0 Å². The van der Waals surface area contributed by atoms with Gasteiger partial charge < -0.3 is 5.32 Å². The third kappa shape index (κ3) is 1.01. The first kappa shape index (κ1) is 5.48. The van der Waals surface area contributed by atoms with Crippen molar-refractivity contribution in [2.45, 2.75) is 19.3 Å². The molecule has 0 aromatic rings. The van der Waals surface area contributed by atoms with Crippen LogP contribution < -0.4 is 5.32 Å². The van der Waals surface area contributed by atoms with Crippen LogP contribution >= 0.6 is 0 Å². The highest BCUT2D eigenvalue weighted by Gasteiger charge is 2.40. The van der Waals surface area contributed by atoms with E-state index in [1.54, 1.807) is 0 Å². The van der Waals surface area contributed by atoms with Gasteiger partial charge in [0.2, 0.25) is 0 Å². The molecule has 1 heterocycles. The highest BCUT2D eigenvalue weighted by atomic mass is 14.9. The zero-order chi connectivity index (χ0) is 6.16. The maximum absolute atomic E-state index is 3.41. The van der Waals surface area contributed by atoms with E-state index in [-0.39, 0.29) is 0 Å². The molecule has 1 fully saturated rings. The monoisotopic (exact) mass is 123 g/mol. The lowest BCUT2D eigenvalue weighted by molar-refractivity contribution is 0.488. The molecule has 1 saturated carbocycles. The van der Waals surface area contributed by atoms with Crippen molar-refractivity contribution in [1.29, 1.82) is 0 Å². The minimum atomic E-state index is 0.715. The fourth-order valence-corrected chi connectivity index (χ4v) is 1.47. The Kier molecular flexibility index (Phi) is 1.12. The molecule has 0 amide bonds. The van der Waals surface area contributed by atoms with Gasteiger partial charge in [0, 0.05) is 13.1 Å². The van der Waals surface area contributed by atoms with Crippen LogP contribution in [-0.4, -0.2) is 13.1 Å². The van der Waals surface area contributed by atoms with Crippen LogP contribution in [0.15, 0.2) is 12.2 Å². The zero-order valence-corrected chi connectivity index (χ0v) is 5.69. The fourth-order valence-electron chi connectivity index (χ4n) is 1.47. The molecule has 0 radical (unpaired) electrons. The Morgan fingerprint density at radius 2 is 2.11 bits per heavy atom. The van der Waals surface area contributed by atoms with Crippen LogP contribution in [0.25, 0.3) is 0 Å². The van der Waals surface area contributed by atoms with E-state index < -0.39 is 0 Å². The second-order valence-electron chi connectivity index (χ2n) is 3.31. The predicted molar refractivity (Wildman–Crippen MR) is 38.3 cm³/mol. The smallest absolute Gasteiger partial charge is 0.0135 e. The van der Waals surface area contributed by atoms with E-state index in [4.69, 9.17) is 0 Å². The van der Waals surface area contributed by atoms with Crippen LogP contribution in [0, 0.1) is 5.41 Å². The molecule has 1 nitrogen and oxygen atoms in total. The molecule has 1 aliphatic carbocycles. The predicted octanol–water partition coefficient (Wildman–Crippen LogP) is 1.32. The SMILES string of the molecule is C1=CCC2(CC2)CNC1. The van der Waals surface area contributed by atoms with Crippen molar-refractivity contribution >= 4 is 0 Å². The van der Waals surface area contributed by atoms with Gasteiger partial charge >= 0.3 is 0 Å². The van der Waals surface area contributed by atoms with E-state index in [0.717, 1.165) is 6.54 Å². The van der Waals surface area contributed by atoms with Gasteiger partial charge in [-0.3, -0.25) is 0 Å². The van der Waals surface area contributed by atoms with Gasteiger partial charge in [-0.05, 0) is 24.7 Å². The molecule has 1 spiro atoms. The van der Waals surface area contributed by atoms with Gasteiger partial charge in [0.25, 0.3) is 0 Å². The summed E-state index contributed by atoms with van der Waals surface area (Å²) in [5.74, 6) is 0. The average molecular weight is 123 g/mol. The molecule has 2 aliphatic rings. The molecule has 1 N–H and O–H groups in total. The minimum absolute atomic E-state index is 0.715. The second kappa shape index (κ2) is 1.84. The summed E-state index contributed by atoms with van der Waals surface area (Å²) in [5, 5.41) is 3.41. The summed E-state index contributed by atoms with van der Waals surface area (Å²) in [4.78, 5) is 0. The maximum atomic E-state index is 3.41. The molecule has 0 atom stereocenters. The average Bonchev–Trinajstić information content (AvgIpc) is 2.64. The van der Waals surface area contributed by atoms with Crippen LogP contribution in [-0.2, 0) is 0 Å². The van der Waals surface area contributed by atoms with Crippen molar-refractivity contribution in [3.63, 3.8) is 0 Å². The van der Waals surface area contributed by atoms with Crippen molar-refractivity contribution in [2.75, 3.05) is 13.1 Å². The Labute approximate surface area is 56.1 Å². The number of allylic oxidation sites excluding steroid dienone is 1. The van der Waals surface area contributed by atoms with Crippen molar-refractivity contribution in [3.05, 3.63) is 12.2 Å². The Morgan fingerprint density at radius 3 is 2.89 bits per heavy atom.